The van der Waals surface area contributed by atoms with E-state index >= 15 is 0 Å². The molecule has 1 heterocycles. The van der Waals surface area contributed by atoms with Crippen LogP contribution in [0.1, 0.15) is 25.0 Å². The highest BCUT2D eigenvalue weighted by molar-refractivity contribution is 5.58. The van der Waals surface area contributed by atoms with Crippen LogP contribution in [-0.4, -0.2) is 23.9 Å². The summed E-state index contributed by atoms with van der Waals surface area (Å²) in [4.78, 5) is 12.8. The van der Waals surface area contributed by atoms with Crippen LogP contribution in [0.3, 0.4) is 0 Å². The van der Waals surface area contributed by atoms with E-state index in [1.165, 1.54) is 14.2 Å². The van der Waals surface area contributed by atoms with Gasteiger partial charge >= 0.3 is 0 Å². The maximum absolute atomic E-state index is 12.8. The summed E-state index contributed by atoms with van der Waals surface area (Å²) >= 11 is 0. The first-order valence-electron chi connectivity index (χ1n) is 8.34. The molecule has 0 unspecified atom stereocenters. The van der Waals surface area contributed by atoms with Crippen LogP contribution in [0.4, 0.5) is 11.4 Å². The minimum Gasteiger partial charge on any atom is -0.497 e. The van der Waals surface area contributed by atoms with E-state index in [0.29, 0.717) is 17.2 Å². The average Bonchev–Trinajstić information content (AvgIpc) is 2.65. The van der Waals surface area contributed by atoms with E-state index in [4.69, 9.17) is 9.47 Å². The molecule has 27 heavy (non-hydrogen) atoms. The molecule has 0 atom stereocenters. The lowest BCUT2D eigenvalue weighted by atomic mass is 10.1. The van der Waals surface area contributed by atoms with Crippen LogP contribution in [0.25, 0.3) is 0 Å². The monoisotopic (exact) mass is 370 g/mol. The third-order valence-corrected chi connectivity index (χ3v) is 3.96. The summed E-state index contributed by atoms with van der Waals surface area (Å²) in [5.41, 5.74) is 0.179. The predicted molar refractivity (Wildman–Crippen MR) is 100 cm³/mol. The predicted octanol–water partition coefficient (Wildman–Crippen LogP) is 3.82. The Hall–Kier alpha value is -3.34. The Morgan fingerprint density at radius 1 is 1.26 bits per heavy atom. The van der Waals surface area contributed by atoms with Crippen LogP contribution >= 0.6 is 0 Å². The molecule has 0 aliphatic heterocycles. The van der Waals surface area contributed by atoms with Gasteiger partial charge in [0.25, 0.3) is 5.56 Å². The molecular weight excluding hydrogens is 348 g/mol. The van der Waals surface area contributed by atoms with Crippen LogP contribution in [0.2, 0.25) is 0 Å². The number of nitriles is 1. The van der Waals surface area contributed by atoms with Crippen LogP contribution in [0.15, 0.2) is 33.2 Å². The second kappa shape index (κ2) is 8.36. The minimum atomic E-state index is -0.506. The molecule has 0 amide bonds. The number of aromatic hydroxyl groups is 1. The fourth-order valence-electron chi connectivity index (χ4n) is 2.56. The Morgan fingerprint density at radius 2 is 1.96 bits per heavy atom. The van der Waals surface area contributed by atoms with Gasteiger partial charge in [0.2, 0.25) is 5.88 Å². The van der Waals surface area contributed by atoms with Gasteiger partial charge in [-0.25, -0.2) is 0 Å². The molecule has 0 fully saturated rings. The number of pyridine rings is 1. The van der Waals surface area contributed by atoms with E-state index in [9.17, 15) is 15.2 Å². The lowest BCUT2D eigenvalue weighted by Crippen LogP contribution is -2.24. The van der Waals surface area contributed by atoms with Gasteiger partial charge in [0.15, 0.2) is 5.69 Å². The zero-order valence-electron chi connectivity index (χ0n) is 16.0. The van der Waals surface area contributed by atoms with E-state index in [1.807, 2.05) is 19.9 Å². The molecular formula is C19H22N4O4. The Balaban J connectivity index is 2.61. The normalized spacial score (nSPS) is 11.0. The Morgan fingerprint density at radius 3 is 2.52 bits per heavy atom. The van der Waals surface area contributed by atoms with Crippen molar-refractivity contribution in [2.45, 2.75) is 27.3 Å². The van der Waals surface area contributed by atoms with Gasteiger partial charge in [-0.2, -0.15) is 5.26 Å². The van der Waals surface area contributed by atoms with E-state index in [-0.39, 0.29) is 35.2 Å². The molecule has 0 aliphatic carbocycles. The lowest BCUT2D eigenvalue weighted by Gasteiger charge is -2.14. The quantitative estimate of drug-likeness (QED) is 0.777. The number of hydrogen-bond donors (Lipinski definition) is 1. The van der Waals surface area contributed by atoms with Gasteiger partial charge in [-0.1, -0.05) is 13.8 Å². The maximum Gasteiger partial charge on any atom is 0.281 e. The summed E-state index contributed by atoms with van der Waals surface area (Å²) in [6.45, 7) is 5.62. The number of ether oxygens (including phenoxy) is 2. The second-order valence-electron chi connectivity index (χ2n) is 6.33. The summed E-state index contributed by atoms with van der Waals surface area (Å²) in [7, 11) is 3.03. The molecule has 0 aliphatic rings. The summed E-state index contributed by atoms with van der Waals surface area (Å²) in [6, 6.07) is 6.92. The van der Waals surface area contributed by atoms with Gasteiger partial charge in [-0.15, -0.1) is 10.2 Å². The van der Waals surface area contributed by atoms with Gasteiger partial charge in [-0.05, 0) is 25.0 Å². The molecule has 1 aromatic carbocycles. The number of benzene rings is 1. The smallest absolute Gasteiger partial charge is 0.281 e. The first-order chi connectivity index (χ1) is 12.8. The number of methoxy groups -OCH3 is 2. The van der Waals surface area contributed by atoms with Gasteiger partial charge in [0.1, 0.15) is 28.8 Å². The number of rotatable bonds is 6. The van der Waals surface area contributed by atoms with Crippen LogP contribution in [-0.2, 0) is 6.54 Å². The van der Waals surface area contributed by atoms with Gasteiger partial charge in [0.05, 0.1) is 14.2 Å². The molecule has 0 spiro atoms. The van der Waals surface area contributed by atoms with Crippen molar-refractivity contribution in [2.24, 2.45) is 16.1 Å². The van der Waals surface area contributed by atoms with E-state index in [2.05, 4.69) is 10.2 Å². The molecule has 2 rings (SSSR count). The molecule has 8 nitrogen and oxygen atoms in total. The van der Waals surface area contributed by atoms with Crippen molar-refractivity contribution < 1.29 is 14.6 Å². The Kier molecular flexibility index (Phi) is 6.19. The molecule has 2 aromatic rings. The molecule has 0 bridgehead atoms. The molecule has 1 aromatic heterocycles. The summed E-state index contributed by atoms with van der Waals surface area (Å²) in [5, 5.41) is 27.8. The topological polar surface area (TPSA) is 109 Å². The fourth-order valence-corrected chi connectivity index (χ4v) is 2.56. The van der Waals surface area contributed by atoms with Crippen LogP contribution in [0.5, 0.6) is 17.4 Å². The van der Waals surface area contributed by atoms with Gasteiger partial charge in [-0.3, -0.25) is 9.36 Å². The number of hydrogen-bond acceptors (Lipinski definition) is 7. The number of aromatic nitrogens is 1. The highest BCUT2D eigenvalue weighted by Gasteiger charge is 2.19. The van der Waals surface area contributed by atoms with E-state index in [1.54, 1.807) is 25.1 Å². The van der Waals surface area contributed by atoms with Crippen molar-refractivity contribution in [2.75, 3.05) is 14.2 Å². The third kappa shape index (κ3) is 4.08. The van der Waals surface area contributed by atoms with Crippen LogP contribution in [0, 0.1) is 24.2 Å². The Bertz CT molecular complexity index is 971. The van der Waals surface area contributed by atoms with Crippen molar-refractivity contribution in [1.29, 1.82) is 5.26 Å². The summed E-state index contributed by atoms with van der Waals surface area (Å²) in [5.74, 6) is 0.763. The standard InChI is InChI=1S/C19H22N4O4/c1-11(2)10-23-18(24)14(9-20)12(3)17(19(23)25)22-21-15-7-6-13(26-4)8-16(15)27-5/h6-8,11,24H,10H2,1-5H3. The molecule has 142 valence electrons. The van der Waals surface area contributed by atoms with E-state index in [0.717, 1.165) is 4.57 Å². The maximum atomic E-state index is 12.8. The zero-order chi connectivity index (χ0) is 20.1. The number of azo groups is 1. The molecule has 0 radical (unpaired) electrons. The molecule has 8 heteroatoms. The largest absolute Gasteiger partial charge is 0.497 e. The Labute approximate surface area is 157 Å². The van der Waals surface area contributed by atoms with Crippen molar-refractivity contribution in [1.82, 2.24) is 4.57 Å². The highest BCUT2D eigenvalue weighted by atomic mass is 16.5. The second-order valence-corrected chi connectivity index (χ2v) is 6.33. The molecule has 1 N–H and O–H groups in total. The van der Waals surface area contributed by atoms with E-state index < -0.39 is 5.56 Å². The third-order valence-electron chi connectivity index (χ3n) is 3.96. The average molecular weight is 370 g/mol. The van der Waals surface area contributed by atoms with Crippen LogP contribution < -0.4 is 15.0 Å². The van der Waals surface area contributed by atoms with Crippen molar-refractivity contribution in [3.8, 4) is 23.4 Å². The highest BCUT2D eigenvalue weighted by Crippen LogP contribution is 2.33. The number of nitrogens with zero attached hydrogens (tertiary/aromatic N) is 4. The lowest BCUT2D eigenvalue weighted by molar-refractivity contribution is 0.381. The van der Waals surface area contributed by atoms with Gasteiger partial charge < -0.3 is 14.6 Å². The van der Waals surface area contributed by atoms with Crippen molar-refractivity contribution in [3.05, 3.63) is 39.7 Å². The summed E-state index contributed by atoms with van der Waals surface area (Å²) < 4.78 is 11.6. The van der Waals surface area contributed by atoms with Crippen molar-refractivity contribution in [3.63, 3.8) is 0 Å². The summed E-state index contributed by atoms with van der Waals surface area (Å²) in [6.07, 6.45) is 0. The first-order valence-corrected chi connectivity index (χ1v) is 8.34. The van der Waals surface area contributed by atoms with Crippen molar-refractivity contribution >= 4 is 11.4 Å². The fraction of sp³-hybridized carbons (Fsp3) is 0.368. The van der Waals surface area contributed by atoms with Gasteiger partial charge in [0, 0.05) is 18.2 Å². The minimum absolute atomic E-state index is 0.00266. The first kappa shape index (κ1) is 20.0. The molecule has 0 saturated carbocycles. The molecule has 0 saturated heterocycles. The zero-order valence-corrected chi connectivity index (χ0v) is 16.0. The SMILES string of the molecule is COc1ccc(N=Nc2c(C)c(C#N)c(O)n(CC(C)C)c2=O)c(OC)c1.